The maximum Gasteiger partial charge on any atom is 0.258 e. The normalized spacial score (nSPS) is 22.3. The van der Waals surface area contributed by atoms with E-state index in [2.05, 4.69) is 5.16 Å². The van der Waals surface area contributed by atoms with E-state index in [1.54, 1.807) is 18.9 Å². The third-order valence-corrected chi connectivity index (χ3v) is 5.57. The summed E-state index contributed by atoms with van der Waals surface area (Å²) < 4.78 is 16.7. The van der Waals surface area contributed by atoms with Gasteiger partial charge in [-0.05, 0) is 20.3 Å². The summed E-state index contributed by atoms with van der Waals surface area (Å²) in [5.41, 5.74) is 1.76. The summed E-state index contributed by atoms with van der Waals surface area (Å²) >= 11 is 0. The van der Waals surface area contributed by atoms with Gasteiger partial charge in [0.1, 0.15) is 17.3 Å². The van der Waals surface area contributed by atoms with Crippen molar-refractivity contribution in [3.05, 3.63) is 40.2 Å². The summed E-state index contributed by atoms with van der Waals surface area (Å²) in [5, 5.41) is 3.93. The molecule has 0 radical (unpaired) electrons. The number of fused-ring (bicyclic) bond motifs is 1. The average molecular weight is 372 g/mol. The first-order valence-corrected chi connectivity index (χ1v) is 9.37. The van der Waals surface area contributed by atoms with Crippen molar-refractivity contribution in [3.8, 4) is 0 Å². The third kappa shape index (κ3) is 3.20. The molecule has 0 aromatic carbocycles. The van der Waals surface area contributed by atoms with Gasteiger partial charge in [-0.15, -0.1) is 0 Å². The van der Waals surface area contributed by atoms with E-state index < -0.39 is 0 Å². The van der Waals surface area contributed by atoms with Crippen molar-refractivity contribution in [2.45, 2.75) is 45.6 Å². The van der Waals surface area contributed by atoms with Gasteiger partial charge < -0.3 is 18.6 Å². The highest BCUT2D eigenvalue weighted by Crippen LogP contribution is 2.32. The van der Waals surface area contributed by atoms with E-state index >= 15 is 0 Å². The van der Waals surface area contributed by atoms with E-state index in [0.717, 1.165) is 17.9 Å². The van der Waals surface area contributed by atoms with Gasteiger partial charge in [-0.3, -0.25) is 9.59 Å². The number of hydrogen-bond donors (Lipinski definition) is 0. The lowest BCUT2D eigenvalue weighted by Crippen LogP contribution is -2.31. The quantitative estimate of drug-likeness (QED) is 0.820. The SMILES string of the molecule is CO[C@H]1CN(C(=O)c2c(C)oc3c2C(=O)CCC3)C[C@H]1Cc1cc(C)no1. The molecule has 1 saturated heterocycles. The van der Waals surface area contributed by atoms with E-state index in [9.17, 15) is 9.59 Å². The molecule has 1 aliphatic heterocycles. The van der Waals surface area contributed by atoms with E-state index in [4.69, 9.17) is 13.7 Å². The fraction of sp³-hybridized carbons (Fsp3) is 0.550. The number of aryl methyl sites for hydroxylation is 3. The van der Waals surface area contributed by atoms with Gasteiger partial charge >= 0.3 is 0 Å². The van der Waals surface area contributed by atoms with Crippen molar-refractivity contribution in [1.29, 1.82) is 0 Å². The maximum absolute atomic E-state index is 13.2. The number of ether oxygens (including phenoxy) is 1. The predicted molar refractivity (Wildman–Crippen MR) is 95.8 cm³/mol. The Labute approximate surface area is 157 Å². The predicted octanol–water partition coefficient (Wildman–Crippen LogP) is 2.73. The van der Waals surface area contributed by atoms with Gasteiger partial charge in [0.05, 0.1) is 22.9 Å². The number of carbonyl (C=O) groups excluding carboxylic acids is 2. The Morgan fingerprint density at radius 2 is 2.15 bits per heavy atom. The molecule has 144 valence electrons. The standard InChI is InChI=1S/C20H24N2O5/c1-11-7-14(27-21-11)8-13-9-22(10-17(13)25-3)20(24)18-12(2)26-16-6-4-5-15(23)19(16)18/h7,13,17H,4-6,8-10H2,1-3H3/t13-,17+/m1/s1. The van der Waals surface area contributed by atoms with Gasteiger partial charge in [0.25, 0.3) is 5.91 Å². The molecule has 1 amide bonds. The summed E-state index contributed by atoms with van der Waals surface area (Å²) in [4.78, 5) is 27.4. The number of carbonyl (C=O) groups is 2. The minimum Gasteiger partial charge on any atom is -0.465 e. The second-order valence-electron chi connectivity index (χ2n) is 7.49. The molecule has 0 saturated carbocycles. The van der Waals surface area contributed by atoms with Gasteiger partial charge in [-0.2, -0.15) is 0 Å². The monoisotopic (exact) mass is 372 g/mol. The Hall–Kier alpha value is -2.41. The van der Waals surface area contributed by atoms with Gasteiger partial charge in [-0.1, -0.05) is 5.16 Å². The fourth-order valence-corrected chi connectivity index (χ4v) is 4.26. The van der Waals surface area contributed by atoms with Crippen LogP contribution in [0.1, 0.15) is 56.5 Å². The summed E-state index contributed by atoms with van der Waals surface area (Å²) in [6, 6.07) is 1.91. The second kappa shape index (κ2) is 6.96. The lowest BCUT2D eigenvalue weighted by atomic mass is 9.93. The van der Waals surface area contributed by atoms with E-state index in [1.165, 1.54) is 0 Å². The molecule has 7 nitrogen and oxygen atoms in total. The molecular weight excluding hydrogens is 348 g/mol. The number of aromatic nitrogens is 1. The summed E-state index contributed by atoms with van der Waals surface area (Å²) in [6.07, 6.45) is 2.53. The summed E-state index contributed by atoms with van der Waals surface area (Å²) in [5.74, 6) is 1.96. The molecule has 2 aliphatic rings. The molecule has 1 fully saturated rings. The molecule has 4 rings (SSSR count). The van der Waals surface area contributed by atoms with Crippen molar-refractivity contribution in [1.82, 2.24) is 10.1 Å². The van der Waals surface area contributed by atoms with Crippen LogP contribution in [0, 0.1) is 19.8 Å². The Morgan fingerprint density at radius 1 is 1.33 bits per heavy atom. The van der Waals surface area contributed by atoms with Crippen LogP contribution in [0.2, 0.25) is 0 Å². The zero-order chi connectivity index (χ0) is 19.1. The van der Waals surface area contributed by atoms with Crippen LogP contribution in [0.3, 0.4) is 0 Å². The number of rotatable bonds is 4. The first kappa shape index (κ1) is 18.0. The minimum absolute atomic E-state index is 0.00706. The average Bonchev–Trinajstić information content (AvgIpc) is 3.32. The van der Waals surface area contributed by atoms with E-state index in [-0.39, 0.29) is 23.7 Å². The zero-order valence-electron chi connectivity index (χ0n) is 15.9. The molecule has 27 heavy (non-hydrogen) atoms. The van der Waals surface area contributed by atoms with Crippen molar-refractivity contribution in [2.24, 2.45) is 5.92 Å². The smallest absolute Gasteiger partial charge is 0.258 e. The molecule has 7 heteroatoms. The topological polar surface area (TPSA) is 85.8 Å². The van der Waals surface area contributed by atoms with Crippen LogP contribution in [0.15, 0.2) is 15.0 Å². The first-order valence-electron chi connectivity index (χ1n) is 9.37. The van der Waals surface area contributed by atoms with Crippen molar-refractivity contribution in [3.63, 3.8) is 0 Å². The highest BCUT2D eigenvalue weighted by Gasteiger charge is 2.39. The molecule has 2 atom stereocenters. The third-order valence-electron chi connectivity index (χ3n) is 5.57. The van der Waals surface area contributed by atoms with E-state index in [0.29, 0.717) is 55.0 Å². The largest absolute Gasteiger partial charge is 0.465 e. The molecule has 0 bridgehead atoms. The highest BCUT2D eigenvalue weighted by molar-refractivity contribution is 6.10. The molecule has 0 unspecified atom stereocenters. The number of likely N-dealkylation sites (tertiary alicyclic amines) is 1. The Bertz CT molecular complexity index is 881. The first-order chi connectivity index (χ1) is 13.0. The fourth-order valence-electron chi connectivity index (χ4n) is 4.26. The lowest BCUT2D eigenvalue weighted by molar-refractivity contribution is 0.0669. The van der Waals surface area contributed by atoms with Crippen LogP contribution in [-0.4, -0.2) is 48.1 Å². The number of methoxy groups -OCH3 is 1. The minimum atomic E-state index is -0.147. The molecule has 1 aliphatic carbocycles. The number of nitrogens with zero attached hydrogens (tertiary/aromatic N) is 2. The molecule has 2 aromatic heterocycles. The van der Waals surface area contributed by atoms with Crippen molar-refractivity contribution in [2.75, 3.05) is 20.2 Å². The molecule has 0 spiro atoms. The van der Waals surface area contributed by atoms with Crippen LogP contribution >= 0.6 is 0 Å². The molecular formula is C20H24N2O5. The maximum atomic E-state index is 13.2. The van der Waals surface area contributed by atoms with Gasteiger partial charge in [-0.25, -0.2) is 0 Å². The van der Waals surface area contributed by atoms with Gasteiger partial charge in [0.2, 0.25) is 0 Å². The molecule has 0 N–H and O–H groups in total. The number of amides is 1. The zero-order valence-corrected chi connectivity index (χ0v) is 15.9. The number of ketones is 1. The van der Waals surface area contributed by atoms with Crippen LogP contribution < -0.4 is 0 Å². The van der Waals surface area contributed by atoms with Crippen molar-refractivity contribution >= 4 is 11.7 Å². The Kier molecular flexibility index (Phi) is 4.63. The van der Waals surface area contributed by atoms with Crippen LogP contribution in [0.25, 0.3) is 0 Å². The number of hydrogen-bond acceptors (Lipinski definition) is 6. The Balaban J connectivity index is 1.56. The van der Waals surface area contributed by atoms with E-state index in [1.807, 2.05) is 13.0 Å². The van der Waals surface area contributed by atoms with Gasteiger partial charge in [0.15, 0.2) is 5.78 Å². The number of Topliss-reactive ketones (excluding diaryl/α,β-unsaturated/α-hetero) is 1. The lowest BCUT2D eigenvalue weighted by Gasteiger charge is -2.17. The van der Waals surface area contributed by atoms with Gasteiger partial charge in [0, 0.05) is 51.4 Å². The van der Waals surface area contributed by atoms with Crippen LogP contribution in [0.5, 0.6) is 0 Å². The van der Waals surface area contributed by atoms with Crippen LogP contribution in [0.4, 0.5) is 0 Å². The van der Waals surface area contributed by atoms with Crippen LogP contribution in [-0.2, 0) is 17.6 Å². The molecule has 2 aromatic rings. The number of furan rings is 1. The second-order valence-corrected chi connectivity index (χ2v) is 7.49. The summed E-state index contributed by atoms with van der Waals surface area (Å²) in [6.45, 7) is 4.68. The Morgan fingerprint density at radius 3 is 2.85 bits per heavy atom. The summed E-state index contributed by atoms with van der Waals surface area (Å²) in [7, 11) is 1.66. The molecule has 3 heterocycles. The van der Waals surface area contributed by atoms with Crippen molar-refractivity contribution < 1.29 is 23.3 Å². The highest BCUT2D eigenvalue weighted by atomic mass is 16.5.